The van der Waals surface area contributed by atoms with E-state index < -0.39 is 5.97 Å². The van der Waals surface area contributed by atoms with Gasteiger partial charge < -0.3 is 15.3 Å². The zero-order valence-electron chi connectivity index (χ0n) is 17.3. The van der Waals surface area contributed by atoms with Crippen molar-refractivity contribution in [3.8, 4) is 0 Å². The number of rotatable bonds is 6. The molecule has 2 aromatic carbocycles. The van der Waals surface area contributed by atoms with Gasteiger partial charge in [0.2, 0.25) is 5.91 Å². The predicted molar refractivity (Wildman–Crippen MR) is 119 cm³/mol. The molecule has 30 heavy (non-hydrogen) atoms. The minimum atomic E-state index is -1.00. The molecule has 2 aliphatic rings. The molecule has 0 atom stereocenters. The molecule has 5 nitrogen and oxygen atoms in total. The highest BCUT2D eigenvalue weighted by Gasteiger charge is 2.25. The number of carbonyl (C=O) groups is 2. The van der Waals surface area contributed by atoms with Gasteiger partial charge in [0.1, 0.15) is 0 Å². The number of benzene rings is 2. The van der Waals surface area contributed by atoms with E-state index in [1.165, 1.54) is 5.56 Å². The molecule has 5 heteroatoms. The average molecular weight is 407 g/mol. The number of hydrogen-bond donors (Lipinski definition) is 2. The maximum Gasteiger partial charge on any atom is 0.337 e. The Hall–Kier alpha value is -2.82. The molecule has 2 aromatic rings. The van der Waals surface area contributed by atoms with Crippen molar-refractivity contribution in [2.24, 2.45) is 11.8 Å². The number of aromatic carboxylic acids is 1. The second-order valence-electron chi connectivity index (χ2n) is 8.63. The first-order valence-corrected chi connectivity index (χ1v) is 11.1. The highest BCUT2D eigenvalue weighted by atomic mass is 16.4. The van der Waals surface area contributed by atoms with Crippen LogP contribution in [0.1, 0.15) is 54.4 Å². The Morgan fingerprint density at radius 2 is 1.67 bits per heavy atom. The van der Waals surface area contributed by atoms with E-state index >= 15 is 0 Å². The fraction of sp³-hybridized carbons (Fsp3) is 0.440. The summed E-state index contributed by atoms with van der Waals surface area (Å²) < 4.78 is 0. The van der Waals surface area contributed by atoms with Crippen LogP contribution >= 0.6 is 0 Å². The maximum atomic E-state index is 12.4. The number of piperidine rings is 1. The van der Waals surface area contributed by atoms with Crippen LogP contribution in [0.15, 0.2) is 48.5 Å². The van der Waals surface area contributed by atoms with Crippen molar-refractivity contribution in [3.63, 3.8) is 0 Å². The Labute approximate surface area is 178 Å². The molecule has 1 aliphatic carbocycles. The molecule has 0 unspecified atom stereocenters. The third kappa shape index (κ3) is 4.84. The van der Waals surface area contributed by atoms with Gasteiger partial charge in [-0.3, -0.25) is 4.79 Å². The topological polar surface area (TPSA) is 69.6 Å². The number of carboxylic acids is 1. The Kier molecular flexibility index (Phi) is 6.36. The predicted octanol–water partition coefficient (Wildman–Crippen LogP) is 4.97. The Balaban J connectivity index is 1.40. The van der Waals surface area contributed by atoms with Crippen LogP contribution in [-0.2, 0) is 11.2 Å². The molecule has 0 aromatic heterocycles. The SMILES string of the molecule is O=C(O)c1cc(N2CCC(Cc3ccccc3)CC2)ccc1NC(=O)C1CCCC1. The first-order valence-electron chi connectivity index (χ1n) is 11.1. The molecule has 1 aliphatic heterocycles. The first kappa shape index (κ1) is 20.5. The van der Waals surface area contributed by atoms with E-state index in [1.807, 2.05) is 12.1 Å². The fourth-order valence-corrected chi connectivity index (χ4v) is 4.78. The molecule has 1 heterocycles. The molecule has 1 saturated heterocycles. The molecule has 2 N–H and O–H groups in total. The van der Waals surface area contributed by atoms with Crippen LogP contribution in [-0.4, -0.2) is 30.1 Å². The molecule has 0 radical (unpaired) electrons. The minimum Gasteiger partial charge on any atom is -0.478 e. The first-order chi connectivity index (χ1) is 14.6. The summed E-state index contributed by atoms with van der Waals surface area (Å²) in [4.78, 5) is 26.6. The van der Waals surface area contributed by atoms with E-state index in [0.29, 0.717) is 11.6 Å². The lowest BCUT2D eigenvalue weighted by atomic mass is 9.90. The van der Waals surface area contributed by atoms with Crippen molar-refractivity contribution in [2.75, 3.05) is 23.3 Å². The maximum absolute atomic E-state index is 12.4. The average Bonchev–Trinajstić information content (AvgIpc) is 3.30. The lowest BCUT2D eigenvalue weighted by Crippen LogP contribution is -2.34. The Morgan fingerprint density at radius 1 is 0.967 bits per heavy atom. The van der Waals surface area contributed by atoms with Gasteiger partial charge in [-0.1, -0.05) is 43.2 Å². The largest absolute Gasteiger partial charge is 0.478 e. The summed E-state index contributed by atoms with van der Waals surface area (Å²) in [7, 11) is 0. The zero-order chi connectivity index (χ0) is 20.9. The van der Waals surface area contributed by atoms with Crippen molar-refractivity contribution in [1.29, 1.82) is 0 Å². The summed E-state index contributed by atoms with van der Waals surface area (Å²) in [5.41, 5.74) is 2.88. The third-order valence-electron chi connectivity index (χ3n) is 6.56. The number of nitrogens with one attached hydrogen (secondary N) is 1. The van der Waals surface area contributed by atoms with Gasteiger partial charge >= 0.3 is 5.97 Å². The summed E-state index contributed by atoms with van der Waals surface area (Å²) in [6, 6.07) is 16.0. The molecule has 2 fully saturated rings. The van der Waals surface area contributed by atoms with Gasteiger partial charge in [-0.05, 0) is 61.8 Å². The van der Waals surface area contributed by atoms with Crippen molar-refractivity contribution >= 4 is 23.3 Å². The van der Waals surface area contributed by atoms with Gasteiger partial charge in [0.25, 0.3) is 0 Å². The fourth-order valence-electron chi connectivity index (χ4n) is 4.78. The van der Waals surface area contributed by atoms with Gasteiger partial charge in [0.15, 0.2) is 0 Å². The Morgan fingerprint density at radius 3 is 2.33 bits per heavy atom. The number of amides is 1. The molecule has 0 bridgehead atoms. The van der Waals surface area contributed by atoms with Crippen LogP contribution in [0.4, 0.5) is 11.4 Å². The summed E-state index contributed by atoms with van der Waals surface area (Å²) in [5, 5.41) is 12.6. The van der Waals surface area contributed by atoms with Crippen LogP contribution in [0.5, 0.6) is 0 Å². The van der Waals surface area contributed by atoms with Crippen molar-refractivity contribution in [2.45, 2.75) is 44.9 Å². The second-order valence-corrected chi connectivity index (χ2v) is 8.63. The normalized spacial score (nSPS) is 17.8. The molecule has 0 spiro atoms. The summed E-state index contributed by atoms with van der Waals surface area (Å²) in [6.07, 6.45) is 7.22. The van der Waals surface area contributed by atoms with Crippen LogP contribution in [0, 0.1) is 11.8 Å². The van der Waals surface area contributed by atoms with Gasteiger partial charge in [0, 0.05) is 24.7 Å². The van der Waals surface area contributed by atoms with Crippen LogP contribution in [0.3, 0.4) is 0 Å². The standard InChI is InChI=1S/C25H30N2O3/c28-24(20-8-4-5-9-20)26-23-11-10-21(17-22(23)25(29)30)27-14-12-19(13-15-27)16-18-6-2-1-3-7-18/h1-3,6-7,10-11,17,19-20H,4-5,8-9,12-16H2,(H,26,28)(H,29,30). The lowest BCUT2D eigenvalue weighted by molar-refractivity contribution is -0.119. The van der Waals surface area contributed by atoms with Gasteiger partial charge in [-0.15, -0.1) is 0 Å². The van der Waals surface area contributed by atoms with E-state index in [4.69, 9.17) is 0 Å². The van der Waals surface area contributed by atoms with E-state index in [-0.39, 0.29) is 17.4 Å². The number of carbonyl (C=O) groups excluding carboxylic acids is 1. The summed E-state index contributed by atoms with van der Waals surface area (Å²) >= 11 is 0. The van der Waals surface area contributed by atoms with E-state index in [2.05, 4.69) is 34.5 Å². The quantitative estimate of drug-likeness (QED) is 0.710. The lowest BCUT2D eigenvalue weighted by Gasteiger charge is -2.34. The molecule has 1 amide bonds. The highest BCUT2D eigenvalue weighted by Crippen LogP contribution is 2.30. The van der Waals surface area contributed by atoms with E-state index in [9.17, 15) is 14.7 Å². The minimum absolute atomic E-state index is 0.00923. The molecule has 4 rings (SSSR count). The van der Waals surface area contributed by atoms with Crippen LogP contribution in [0.2, 0.25) is 0 Å². The van der Waals surface area contributed by atoms with E-state index in [0.717, 1.165) is 63.7 Å². The number of anilines is 2. The second kappa shape index (κ2) is 9.33. The van der Waals surface area contributed by atoms with Gasteiger partial charge in [-0.25, -0.2) is 4.79 Å². The van der Waals surface area contributed by atoms with Crippen molar-refractivity contribution < 1.29 is 14.7 Å². The highest BCUT2D eigenvalue weighted by molar-refractivity contribution is 6.02. The number of carboxylic acid groups (broad SMARTS) is 1. The van der Waals surface area contributed by atoms with Crippen molar-refractivity contribution in [3.05, 3.63) is 59.7 Å². The van der Waals surface area contributed by atoms with Crippen LogP contribution < -0.4 is 10.2 Å². The third-order valence-corrected chi connectivity index (χ3v) is 6.56. The molecular formula is C25H30N2O3. The van der Waals surface area contributed by atoms with Gasteiger partial charge in [-0.2, -0.15) is 0 Å². The monoisotopic (exact) mass is 406 g/mol. The van der Waals surface area contributed by atoms with Crippen molar-refractivity contribution in [1.82, 2.24) is 0 Å². The Bertz CT molecular complexity index is 883. The summed E-state index contributed by atoms with van der Waals surface area (Å²) in [5.74, 6) is -0.385. The van der Waals surface area contributed by atoms with Crippen LogP contribution in [0.25, 0.3) is 0 Å². The molecule has 1 saturated carbocycles. The van der Waals surface area contributed by atoms with Gasteiger partial charge in [0.05, 0.1) is 11.3 Å². The molecule has 158 valence electrons. The zero-order valence-corrected chi connectivity index (χ0v) is 17.3. The molecular weight excluding hydrogens is 376 g/mol. The summed E-state index contributed by atoms with van der Waals surface area (Å²) in [6.45, 7) is 1.84. The number of nitrogens with zero attached hydrogens (tertiary/aromatic N) is 1. The van der Waals surface area contributed by atoms with E-state index in [1.54, 1.807) is 12.1 Å². The number of hydrogen-bond acceptors (Lipinski definition) is 3. The smallest absolute Gasteiger partial charge is 0.337 e.